The summed E-state index contributed by atoms with van der Waals surface area (Å²) in [7, 11) is 1.65. The van der Waals surface area contributed by atoms with Crippen molar-refractivity contribution in [3.05, 3.63) is 57.6 Å². The number of benzene rings is 2. The summed E-state index contributed by atoms with van der Waals surface area (Å²) in [6, 6.07) is 12.7. The van der Waals surface area contributed by atoms with Crippen LogP contribution in [0.2, 0.25) is 5.02 Å². The van der Waals surface area contributed by atoms with Crippen molar-refractivity contribution in [3.63, 3.8) is 0 Å². The quantitative estimate of drug-likeness (QED) is 0.625. The Balaban J connectivity index is 1.74. The number of hydrogen-bond donors (Lipinski definition) is 0. The minimum absolute atomic E-state index is 0.0531. The summed E-state index contributed by atoms with van der Waals surface area (Å²) in [5.41, 5.74) is 1.77. The van der Waals surface area contributed by atoms with Gasteiger partial charge in [-0.3, -0.25) is 10.1 Å². The first-order valence-corrected chi connectivity index (χ1v) is 8.04. The highest BCUT2D eigenvalue weighted by Crippen LogP contribution is 2.32. The van der Waals surface area contributed by atoms with E-state index in [1.54, 1.807) is 19.2 Å². The predicted octanol–water partition coefficient (Wildman–Crippen LogP) is 3.58. The summed E-state index contributed by atoms with van der Waals surface area (Å²) >= 11 is 5.89. The Hall–Kier alpha value is -2.47. The van der Waals surface area contributed by atoms with Gasteiger partial charge in [0.25, 0.3) is 5.69 Å². The first-order valence-electron chi connectivity index (χ1n) is 7.66. The van der Waals surface area contributed by atoms with Gasteiger partial charge in [-0.1, -0.05) is 17.7 Å². The van der Waals surface area contributed by atoms with Crippen LogP contribution >= 0.6 is 11.6 Å². The molecule has 2 aromatic rings. The lowest BCUT2D eigenvalue weighted by Gasteiger charge is -2.37. The molecule has 0 unspecified atom stereocenters. The molecule has 0 bridgehead atoms. The van der Waals surface area contributed by atoms with Crippen LogP contribution in [0.1, 0.15) is 0 Å². The summed E-state index contributed by atoms with van der Waals surface area (Å²) in [4.78, 5) is 15.2. The lowest BCUT2D eigenvalue weighted by atomic mass is 10.2. The van der Waals surface area contributed by atoms with Gasteiger partial charge in [0.15, 0.2) is 0 Å². The Labute approximate surface area is 145 Å². The molecule has 1 heterocycles. The number of piperazine rings is 1. The SMILES string of the molecule is COc1cccc(N2CCN(c3ccc(Cl)cc3[N+](=O)[O-])CC2)c1. The molecule has 0 N–H and O–H groups in total. The van der Waals surface area contributed by atoms with Gasteiger partial charge in [0.2, 0.25) is 0 Å². The van der Waals surface area contributed by atoms with Crippen molar-refractivity contribution in [3.8, 4) is 5.75 Å². The number of nitrogens with zero attached hydrogens (tertiary/aromatic N) is 3. The maximum atomic E-state index is 11.3. The van der Waals surface area contributed by atoms with Gasteiger partial charge < -0.3 is 14.5 Å². The maximum Gasteiger partial charge on any atom is 0.294 e. The molecule has 0 amide bonds. The van der Waals surface area contributed by atoms with Crippen LogP contribution in [0.5, 0.6) is 5.75 Å². The van der Waals surface area contributed by atoms with E-state index in [2.05, 4.69) is 4.90 Å². The topological polar surface area (TPSA) is 58.8 Å². The van der Waals surface area contributed by atoms with Gasteiger partial charge in [0.1, 0.15) is 11.4 Å². The van der Waals surface area contributed by atoms with E-state index < -0.39 is 0 Å². The molecular weight excluding hydrogens is 330 g/mol. The van der Waals surface area contributed by atoms with Crippen LogP contribution in [-0.2, 0) is 0 Å². The molecule has 7 heteroatoms. The molecule has 0 aliphatic carbocycles. The molecule has 1 aliphatic rings. The average Bonchev–Trinajstić information content (AvgIpc) is 2.62. The number of nitro groups is 1. The van der Waals surface area contributed by atoms with Crippen LogP contribution in [0.4, 0.5) is 17.1 Å². The highest BCUT2D eigenvalue weighted by molar-refractivity contribution is 6.30. The zero-order chi connectivity index (χ0) is 17.1. The summed E-state index contributed by atoms with van der Waals surface area (Å²) in [6.07, 6.45) is 0. The number of hydrogen-bond acceptors (Lipinski definition) is 5. The third-order valence-electron chi connectivity index (χ3n) is 4.17. The van der Waals surface area contributed by atoms with E-state index >= 15 is 0 Å². The third-order valence-corrected chi connectivity index (χ3v) is 4.41. The Morgan fingerprint density at radius 3 is 2.46 bits per heavy atom. The fraction of sp³-hybridized carbons (Fsp3) is 0.294. The normalized spacial score (nSPS) is 14.6. The van der Waals surface area contributed by atoms with Crippen LogP contribution in [0.15, 0.2) is 42.5 Å². The van der Waals surface area contributed by atoms with Gasteiger partial charge in [-0.05, 0) is 24.3 Å². The number of methoxy groups -OCH3 is 1. The minimum atomic E-state index is -0.379. The molecule has 1 aliphatic heterocycles. The molecule has 126 valence electrons. The summed E-state index contributed by atoms with van der Waals surface area (Å²) in [6.45, 7) is 2.99. The fourth-order valence-electron chi connectivity index (χ4n) is 2.92. The lowest BCUT2D eigenvalue weighted by Crippen LogP contribution is -2.46. The Morgan fingerprint density at radius 2 is 1.79 bits per heavy atom. The standard InChI is InChI=1S/C17H18ClN3O3/c1-24-15-4-2-3-14(12-15)19-7-9-20(10-8-19)16-6-5-13(18)11-17(16)21(22)23/h2-6,11-12H,7-10H2,1H3. The molecule has 2 aromatic carbocycles. The molecule has 6 nitrogen and oxygen atoms in total. The molecule has 0 atom stereocenters. The molecule has 1 saturated heterocycles. The van der Waals surface area contributed by atoms with Gasteiger partial charge in [0.05, 0.1) is 12.0 Å². The lowest BCUT2D eigenvalue weighted by molar-refractivity contribution is -0.384. The highest BCUT2D eigenvalue weighted by Gasteiger charge is 2.24. The van der Waals surface area contributed by atoms with Crippen molar-refractivity contribution < 1.29 is 9.66 Å². The highest BCUT2D eigenvalue weighted by atomic mass is 35.5. The molecular formula is C17H18ClN3O3. The van der Waals surface area contributed by atoms with Gasteiger partial charge in [-0.15, -0.1) is 0 Å². The summed E-state index contributed by atoms with van der Waals surface area (Å²) < 4.78 is 5.26. The van der Waals surface area contributed by atoms with Gasteiger partial charge in [-0.2, -0.15) is 0 Å². The van der Waals surface area contributed by atoms with Crippen LogP contribution in [0, 0.1) is 10.1 Å². The van der Waals surface area contributed by atoms with E-state index in [4.69, 9.17) is 16.3 Å². The zero-order valence-electron chi connectivity index (χ0n) is 13.3. The molecule has 0 radical (unpaired) electrons. The second-order valence-electron chi connectivity index (χ2n) is 5.57. The van der Waals surface area contributed by atoms with E-state index in [0.717, 1.165) is 24.5 Å². The maximum absolute atomic E-state index is 11.3. The van der Waals surface area contributed by atoms with Crippen LogP contribution in [0.25, 0.3) is 0 Å². The molecule has 24 heavy (non-hydrogen) atoms. The smallest absolute Gasteiger partial charge is 0.294 e. The second kappa shape index (κ2) is 6.97. The van der Waals surface area contributed by atoms with Crippen LogP contribution in [0.3, 0.4) is 0 Å². The van der Waals surface area contributed by atoms with E-state index in [1.807, 2.05) is 29.2 Å². The van der Waals surface area contributed by atoms with E-state index in [1.165, 1.54) is 6.07 Å². The third kappa shape index (κ3) is 3.38. The predicted molar refractivity (Wildman–Crippen MR) is 95.5 cm³/mol. The van der Waals surface area contributed by atoms with Crippen molar-refractivity contribution in [2.75, 3.05) is 43.1 Å². The number of nitro benzene ring substituents is 1. The number of rotatable bonds is 4. The van der Waals surface area contributed by atoms with Gasteiger partial charge in [-0.25, -0.2) is 0 Å². The largest absolute Gasteiger partial charge is 0.497 e. The summed E-state index contributed by atoms with van der Waals surface area (Å²) in [5.74, 6) is 0.822. The van der Waals surface area contributed by atoms with Gasteiger partial charge in [0, 0.05) is 49.0 Å². The summed E-state index contributed by atoms with van der Waals surface area (Å²) in [5, 5.41) is 11.6. The molecule has 1 fully saturated rings. The van der Waals surface area contributed by atoms with Crippen LogP contribution < -0.4 is 14.5 Å². The second-order valence-corrected chi connectivity index (χ2v) is 6.00. The Kier molecular flexibility index (Phi) is 4.76. The number of halogens is 1. The van der Waals surface area contributed by atoms with E-state index in [0.29, 0.717) is 23.8 Å². The molecule has 3 rings (SSSR count). The number of ether oxygens (including phenoxy) is 1. The van der Waals surface area contributed by atoms with Crippen molar-refractivity contribution in [2.24, 2.45) is 0 Å². The Bertz CT molecular complexity index is 746. The average molecular weight is 348 g/mol. The first kappa shape index (κ1) is 16.4. The fourth-order valence-corrected chi connectivity index (χ4v) is 3.09. The molecule has 0 aromatic heterocycles. The minimum Gasteiger partial charge on any atom is -0.497 e. The monoisotopic (exact) mass is 347 g/mol. The van der Waals surface area contributed by atoms with Crippen molar-refractivity contribution in [1.29, 1.82) is 0 Å². The van der Waals surface area contributed by atoms with Crippen molar-refractivity contribution in [2.45, 2.75) is 0 Å². The zero-order valence-corrected chi connectivity index (χ0v) is 14.1. The number of anilines is 2. The van der Waals surface area contributed by atoms with Crippen molar-refractivity contribution >= 4 is 28.7 Å². The first-order chi connectivity index (χ1) is 11.6. The van der Waals surface area contributed by atoms with Crippen LogP contribution in [-0.4, -0.2) is 38.2 Å². The van der Waals surface area contributed by atoms with Crippen molar-refractivity contribution in [1.82, 2.24) is 0 Å². The van der Waals surface area contributed by atoms with Gasteiger partial charge >= 0.3 is 0 Å². The molecule has 0 saturated carbocycles. The molecule has 0 spiro atoms. The van der Waals surface area contributed by atoms with E-state index in [-0.39, 0.29) is 10.6 Å². The van der Waals surface area contributed by atoms with E-state index in [9.17, 15) is 10.1 Å². The Morgan fingerprint density at radius 1 is 1.08 bits per heavy atom.